The van der Waals surface area contributed by atoms with Crippen molar-refractivity contribution in [2.75, 3.05) is 0 Å². The molecule has 0 heterocycles. The summed E-state index contributed by atoms with van der Waals surface area (Å²) in [5.41, 5.74) is 20.1. The summed E-state index contributed by atoms with van der Waals surface area (Å²) < 4.78 is 0. The van der Waals surface area contributed by atoms with Crippen molar-refractivity contribution in [1.29, 1.82) is 0 Å². The van der Waals surface area contributed by atoms with E-state index in [4.69, 9.17) is 0 Å². The van der Waals surface area contributed by atoms with Crippen molar-refractivity contribution in [2.24, 2.45) is 23.7 Å². The van der Waals surface area contributed by atoms with E-state index in [9.17, 15) is 0 Å². The minimum Gasteiger partial charge on any atom is -0.0622 e. The SMILES string of the molecule is CC1(C)c2ccccc2-c2ccc3c(c21)-c1cc(-c2ccc4c(-c5ccccc5)c5ccccc5c(-c5ccccc5)c4c2)ccc1C31C2CC3CC(C2)CC1C3. The topological polar surface area (TPSA) is 0 Å². The number of hydrogen-bond acceptors (Lipinski definition) is 0. The highest BCUT2D eigenvalue weighted by molar-refractivity contribution is 6.22. The largest absolute Gasteiger partial charge is 0.0622 e. The number of rotatable bonds is 3. The zero-order valence-electron chi connectivity index (χ0n) is 32.9. The minimum absolute atomic E-state index is 0.0651. The van der Waals surface area contributed by atoms with Crippen LogP contribution in [0, 0.1) is 23.7 Å². The summed E-state index contributed by atoms with van der Waals surface area (Å²) in [6, 6.07) is 60.6. The van der Waals surface area contributed by atoms with Crippen LogP contribution in [0.4, 0.5) is 0 Å². The molecule has 0 heteroatoms. The van der Waals surface area contributed by atoms with E-state index in [-0.39, 0.29) is 10.8 Å². The molecule has 0 aromatic heterocycles. The molecule has 0 nitrogen and oxygen atoms in total. The summed E-state index contributed by atoms with van der Waals surface area (Å²) in [6.07, 6.45) is 7.08. The van der Waals surface area contributed by atoms with Gasteiger partial charge in [0.15, 0.2) is 0 Å². The van der Waals surface area contributed by atoms with Gasteiger partial charge in [0, 0.05) is 10.8 Å². The molecule has 8 aromatic rings. The van der Waals surface area contributed by atoms with Gasteiger partial charge < -0.3 is 0 Å². The fourth-order valence-electron chi connectivity index (χ4n) is 13.9. The van der Waals surface area contributed by atoms with Crippen LogP contribution in [0.3, 0.4) is 0 Å². The van der Waals surface area contributed by atoms with E-state index in [0.29, 0.717) is 0 Å². The van der Waals surface area contributed by atoms with Gasteiger partial charge in [0.25, 0.3) is 0 Å². The Morgan fingerprint density at radius 1 is 0.368 bits per heavy atom. The number of benzene rings is 8. The molecule has 8 aromatic carbocycles. The fraction of sp³-hybridized carbons (Fsp3) is 0.228. The van der Waals surface area contributed by atoms with Crippen molar-refractivity contribution >= 4 is 21.5 Å². The molecule has 0 unspecified atom stereocenters. The van der Waals surface area contributed by atoms with E-state index in [1.165, 1.54) is 109 Å². The van der Waals surface area contributed by atoms with Gasteiger partial charge in [-0.2, -0.15) is 0 Å². The van der Waals surface area contributed by atoms with E-state index in [1.807, 2.05) is 0 Å². The second kappa shape index (κ2) is 11.4. The number of fused-ring (bicyclic) bond motifs is 9. The first kappa shape index (κ1) is 32.4. The van der Waals surface area contributed by atoms with E-state index < -0.39 is 0 Å². The summed E-state index contributed by atoms with van der Waals surface area (Å²) in [5.74, 6) is 3.33. The summed E-state index contributed by atoms with van der Waals surface area (Å²) in [6.45, 7) is 4.98. The lowest BCUT2D eigenvalue weighted by Crippen LogP contribution is -2.55. The molecule has 4 bridgehead atoms. The molecule has 57 heavy (non-hydrogen) atoms. The van der Waals surface area contributed by atoms with Gasteiger partial charge in [-0.05, 0) is 167 Å². The lowest BCUT2D eigenvalue weighted by Gasteiger charge is -2.61. The first-order valence-electron chi connectivity index (χ1n) is 21.5. The summed E-state index contributed by atoms with van der Waals surface area (Å²) in [5, 5.41) is 5.22. The highest BCUT2D eigenvalue weighted by Gasteiger charge is 2.62. The maximum Gasteiger partial charge on any atom is 0.0272 e. The molecular formula is C57H46. The molecule has 14 rings (SSSR count). The van der Waals surface area contributed by atoms with Crippen molar-refractivity contribution in [2.45, 2.75) is 56.8 Å². The first-order chi connectivity index (χ1) is 28.0. The molecule has 274 valence electrons. The van der Waals surface area contributed by atoms with Gasteiger partial charge in [0.05, 0.1) is 0 Å². The molecule has 4 fully saturated rings. The molecule has 1 spiro atoms. The zero-order chi connectivity index (χ0) is 37.6. The third-order valence-electron chi connectivity index (χ3n) is 15.8. The highest BCUT2D eigenvalue weighted by Crippen LogP contribution is 2.71. The third kappa shape index (κ3) is 4.19. The second-order valence-corrected chi connectivity index (χ2v) is 18.8. The molecule has 0 N–H and O–H groups in total. The Balaban J connectivity index is 1.08. The Hall–Kier alpha value is -5.72. The van der Waals surface area contributed by atoms with Crippen molar-refractivity contribution in [3.05, 3.63) is 180 Å². The van der Waals surface area contributed by atoms with Crippen molar-refractivity contribution in [3.8, 4) is 55.6 Å². The molecule has 0 radical (unpaired) electrons. The lowest BCUT2D eigenvalue weighted by atomic mass is 9.43. The minimum atomic E-state index is -0.0651. The standard InChI is InChI=1S/C57H46/c1-56(2)49-20-12-11-17-42(49)46-24-26-51-54(55(46)56)48-33-39(22-25-50(48)57(51)40-28-34-27-35(30-40)31-41(57)29-34)38-21-23-45-47(32-38)53(37-15-7-4-8-16-37)44-19-10-9-18-43(44)52(45)36-13-5-3-6-14-36/h3-26,32-35,40-41H,27-31H2,1-2H3. The lowest BCUT2D eigenvalue weighted by molar-refractivity contribution is -0.0399. The van der Waals surface area contributed by atoms with Gasteiger partial charge in [0.2, 0.25) is 0 Å². The summed E-state index contributed by atoms with van der Waals surface area (Å²) in [4.78, 5) is 0. The molecular weight excluding hydrogens is 685 g/mol. The average molecular weight is 731 g/mol. The van der Waals surface area contributed by atoms with Gasteiger partial charge >= 0.3 is 0 Å². The van der Waals surface area contributed by atoms with Gasteiger partial charge in [-0.25, -0.2) is 0 Å². The van der Waals surface area contributed by atoms with Gasteiger partial charge in [0.1, 0.15) is 0 Å². The third-order valence-corrected chi connectivity index (χ3v) is 15.8. The smallest absolute Gasteiger partial charge is 0.0272 e. The predicted molar refractivity (Wildman–Crippen MR) is 239 cm³/mol. The van der Waals surface area contributed by atoms with Crippen LogP contribution in [-0.4, -0.2) is 0 Å². The Bertz CT molecular complexity index is 2950. The maximum atomic E-state index is 2.63. The van der Waals surface area contributed by atoms with Gasteiger partial charge in [-0.3, -0.25) is 0 Å². The van der Waals surface area contributed by atoms with Crippen LogP contribution in [0.1, 0.15) is 68.2 Å². The normalized spacial score (nSPS) is 24.2. The van der Waals surface area contributed by atoms with Crippen LogP contribution >= 0.6 is 0 Å². The number of hydrogen-bond donors (Lipinski definition) is 0. The Morgan fingerprint density at radius 2 is 0.912 bits per heavy atom. The van der Waals surface area contributed by atoms with E-state index in [2.05, 4.69) is 172 Å². The molecule has 0 atom stereocenters. The Labute approximate surface area is 336 Å². The molecule has 4 saturated carbocycles. The van der Waals surface area contributed by atoms with Crippen LogP contribution in [-0.2, 0) is 10.8 Å². The Morgan fingerprint density at radius 3 is 1.60 bits per heavy atom. The van der Waals surface area contributed by atoms with E-state index in [0.717, 1.165) is 23.7 Å². The molecule has 6 aliphatic carbocycles. The molecule has 0 aliphatic heterocycles. The van der Waals surface area contributed by atoms with Crippen LogP contribution in [0.15, 0.2) is 158 Å². The highest BCUT2D eigenvalue weighted by atomic mass is 14.7. The van der Waals surface area contributed by atoms with Gasteiger partial charge in [-0.1, -0.05) is 159 Å². The zero-order valence-corrected chi connectivity index (χ0v) is 32.9. The van der Waals surface area contributed by atoms with E-state index >= 15 is 0 Å². The monoisotopic (exact) mass is 730 g/mol. The van der Waals surface area contributed by atoms with Crippen molar-refractivity contribution in [3.63, 3.8) is 0 Å². The van der Waals surface area contributed by atoms with Crippen LogP contribution < -0.4 is 0 Å². The van der Waals surface area contributed by atoms with Gasteiger partial charge in [-0.15, -0.1) is 0 Å². The molecule has 0 amide bonds. The predicted octanol–water partition coefficient (Wildman–Crippen LogP) is 15.0. The molecule has 6 aliphatic rings. The van der Waals surface area contributed by atoms with Crippen molar-refractivity contribution in [1.82, 2.24) is 0 Å². The van der Waals surface area contributed by atoms with Crippen LogP contribution in [0.5, 0.6) is 0 Å². The first-order valence-corrected chi connectivity index (χ1v) is 21.5. The second-order valence-electron chi connectivity index (χ2n) is 18.8. The molecule has 0 saturated heterocycles. The maximum absolute atomic E-state index is 2.63. The van der Waals surface area contributed by atoms with Crippen LogP contribution in [0.2, 0.25) is 0 Å². The fourth-order valence-corrected chi connectivity index (χ4v) is 13.9. The summed E-state index contributed by atoms with van der Waals surface area (Å²) in [7, 11) is 0. The Kier molecular flexibility index (Phi) is 6.50. The average Bonchev–Trinajstić information content (AvgIpc) is 3.67. The van der Waals surface area contributed by atoms with Crippen molar-refractivity contribution < 1.29 is 0 Å². The summed E-state index contributed by atoms with van der Waals surface area (Å²) >= 11 is 0. The quantitative estimate of drug-likeness (QED) is 0.159. The van der Waals surface area contributed by atoms with E-state index in [1.54, 1.807) is 22.3 Å². The van der Waals surface area contributed by atoms with Crippen LogP contribution in [0.25, 0.3) is 77.2 Å².